The molecule has 0 aromatic heterocycles. The molecule has 2 aliphatic rings. The fourth-order valence-corrected chi connectivity index (χ4v) is 6.38. The quantitative estimate of drug-likeness (QED) is 0.207. The van der Waals surface area contributed by atoms with Gasteiger partial charge in [-0.05, 0) is 41.7 Å². The van der Waals surface area contributed by atoms with E-state index in [2.05, 4.69) is 0 Å². The van der Waals surface area contributed by atoms with Gasteiger partial charge in [0.1, 0.15) is 24.4 Å². The van der Waals surface area contributed by atoms with E-state index in [1.807, 2.05) is 0 Å². The number of phenolic OH excluding ortho intramolecular Hbond substituents is 2. The first-order valence-electron chi connectivity index (χ1n) is 13.0. The van der Waals surface area contributed by atoms with Gasteiger partial charge in [-0.3, -0.25) is 0 Å². The summed E-state index contributed by atoms with van der Waals surface area (Å²) in [4.78, 5) is 0. The van der Waals surface area contributed by atoms with E-state index in [1.165, 1.54) is 47.7 Å². The first-order valence-corrected chi connectivity index (χ1v) is 13.0. The smallest absolute Gasteiger partial charge is 0.201 e. The lowest BCUT2D eigenvalue weighted by atomic mass is 9.61. The SMILES string of the molecule is COc1cc(C2c3c(cc(OC)c(O)c3OC)CC(CO)C2C2(OC)OC(CO)C(O)C(O)C2O)cc(OC)c1O. The Kier molecular flexibility index (Phi) is 9.09. The minimum absolute atomic E-state index is 0.0348. The van der Waals surface area contributed by atoms with Crippen LogP contribution in [-0.4, -0.2) is 115 Å². The number of aliphatic hydroxyl groups is 5. The van der Waals surface area contributed by atoms with Gasteiger partial charge in [0.2, 0.25) is 17.3 Å². The molecule has 0 bridgehead atoms. The van der Waals surface area contributed by atoms with Crippen molar-refractivity contribution >= 4 is 0 Å². The van der Waals surface area contributed by atoms with Gasteiger partial charge in [-0.2, -0.15) is 0 Å². The molecular weight excluding hydrogens is 544 g/mol. The van der Waals surface area contributed by atoms with Gasteiger partial charge in [-0.15, -0.1) is 0 Å². The van der Waals surface area contributed by atoms with E-state index in [-0.39, 0.29) is 40.9 Å². The largest absolute Gasteiger partial charge is 0.502 e. The number of methoxy groups -OCH3 is 5. The summed E-state index contributed by atoms with van der Waals surface area (Å²) < 4.78 is 33.8. The highest BCUT2D eigenvalue weighted by Crippen LogP contribution is 2.58. The molecule has 13 heteroatoms. The van der Waals surface area contributed by atoms with Crippen LogP contribution in [0.25, 0.3) is 0 Å². The third-order valence-corrected chi connectivity index (χ3v) is 8.29. The Morgan fingerprint density at radius 1 is 0.805 bits per heavy atom. The van der Waals surface area contributed by atoms with Crippen molar-refractivity contribution in [2.45, 2.75) is 42.5 Å². The van der Waals surface area contributed by atoms with Crippen LogP contribution in [0.2, 0.25) is 0 Å². The van der Waals surface area contributed by atoms with Crippen molar-refractivity contribution in [1.82, 2.24) is 0 Å². The van der Waals surface area contributed by atoms with Gasteiger partial charge >= 0.3 is 0 Å². The second-order valence-electron chi connectivity index (χ2n) is 10.1. The number of rotatable bonds is 9. The number of hydrogen-bond donors (Lipinski definition) is 7. The molecule has 4 rings (SSSR count). The van der Waals surface area contributed by atoms with Gasteiger partial charge in [0, 0.05) is 31.1 Å². The van der Waals surface area contributed by atoms with Crippen molar-refractivity contribution in [1.29, 1.82) is 0 Å². The third-order valence-electron chi connectivity index (χ3n) is 8.29. The maximum atomic E-state index is 11.4. The van der Waals surface area contributed by atoms with Crippen LogP contribution in [0.15, 0.2) is 18.2 Å². The second kappa shape index (κ2) is 12.1. The van der Waals surface area contributed by atoms with E-state index < -0.39 is 61.2 Å². The van der Waals surface area contributed by atoms with Crippen molar-refractivity contribution in [3.63, 3.8) is 0 Å². The third kappa shape index (κ3) is 4.80. The van der Waals surface area contributed by atoms with E-state index in [1.54, 1.807) is 6.07 Å². The zero-order chi connectivity index (χ0) is 30.2. The predicted molar refractivity (Wildman–Crippen MR) is 142 cm³/mol. The molecule has 2 aromatic rings. The Hall–Kier alpha value is -3.04. The molecule has 0 amide bonds. The van der Waals surface area contributed by atoms with Crippen LogP contribution in [0, 0.1) is 11.8 Å². The van der Waals surface area contributed by atoms with Gasteiger partial charge in [0.05, 0.1) is 35.0 Å². The summed E-state index contributed by atoms with van der Waals surface area (Å²) in [5.74, 6) is -5.18. The average molecular weight is 583 g/mol. The summed E-state index contributed by atoms with van der Waals surface area (Å²) in [6, 6.07) is 4.65. The molecule has 41 heavy (non-hydrogen) atoms. The molecule has 13 nitrogen and oxygen atoms in total. The summed E-state index contributed by atoms with van der Waals surface area (Å²) in [7, 11) is 6.69. The predicted octanol–water partition coefficient (Wildman–Crippen LogP) is -0.139. The molecule has 8 atom stereocenters. The first kappa shape index (κ1) is 30.9. The highest BCUT2D eigenvalue weighted by Gasteiger charge is 2.63. The Bertz CT molecular complexity index is 1210. The molecule has 228 valence electrons. The highest BCUT2D eigenvalue weighted by atomic mass is 16.7. The molecule has 1 aliphatic carbocycles. The van der Waals surface area contributed by atoms with Gasteiger partial charge in [-0.25, -0.2) is 0 Å². The molecule has 1 saturated heterocycles. The van der Waals surface area contributed by atoms with Crippen LogP contribution in [0.5, 0.6) is 34.5 Å². The van der Waals surface area contributed by atoms with Crippen molar-refractivity contribution in [3.05, 3.63) is 34.9 Å². The number of ether oxygens (including phenoxy) is 6. The second-order valence-corrected chi connectivity index (χ2v) is 10.1. The molecule has 0 radical (unpaired) electrons. The minimum Gasteiger partial charge on any atom is -0.502 e. The Morgan fingerprint density at radius 3 is 1.88 bits per heavy atom. The summed E-state index contributed by atoms with van der Waals surface area (Å²) in [5, 5.41) is 75.3. The number of benzene rings is 2. The summed E-state index contributed by atoms with van der Waals surface area (Å²) in [5.41, 5.74) is 1.46. The number of aromatic hydroxyl groups is 2. The van der Waals surface area contributed by atoms with Crippen LogP contribution < -0.4 is 18.9 Å². The van der Waals surface area contributed by atoms with Crippen molar-refractivity contribution < 1.29 is 64.2 Å². The molecule has 1 heterocycles. The van der Waals surface area contributed by atoms with Gasteiger partial charge in [-0.1, -0.05) is 0 Å². The fourth-order valence-electron chi connectivity index (χ4n) is 6.38. The van der Waals surface area contributed by atoms with Gasteiger partial charge in [0.15, 0.2) is 23.0 Å². The lowest BCUT2D eigenvalue weighted by molar-refractivity contribution is -0.383. The molecule has 0 spiro atoms. The Morgan fingerprint density at radius 2 is 1.39 bits per heavy atom. The molecule has 1 fully saturated rings. The molecule has 0 saturated carbocycles. The number of fused-ring (bicyclic) bond motifs is 1. The molecule has 8 unspecified atom stereocenters. The zero-order valence-electron chi connectivity index (χ0n) is 23.5. The lowest BCUT2D eigenvalue weighted by Gasteiger charge is -2.55. The average Bonchev–Trinajstić information content (AvgIpc) is 2.99. The Labute approximate surface area is 237 Å². The van der Waals surface area contributed by atoms with E-state index in [0.29, 0.717) is 16.7 Å². The number of hydrogen-bond acceptors (Lipinski definition) is 13. The molecule has 7 N–H and O–H groups in total. The van der Waals surface area contributed by atoms with Gasteiger partial charge < -0.3 is 64.2 Å². The van der Waals surface area contributed by atoms with Crippen molar-refractivity contribution in [2.75, 3.05) is 48.8 Å². The molecular formula is C28H38O13. The molecule has 1 aliphatic heterocycles. The van der Waals surface area contributed by atoms with Crippen LogP contribution in [0.3, 0.4) is 0 Å². The first-order chi connectivity index (χ1) is 19.6. The zero-order valence-corrected chi connectivity index (χ0v) is 23.5. The highest BCUT2D eigenvalue weighted by molar-refractivity contribution is 5.64. The van der Waals surface area contributed by atoms with E-state index in [0.717, 1.165) is 0 Å². The fraction of sp³-hybridized carbons (Fsp3) is 0.571. The number of aliphatic hydroxyl groups excluding tert-OH is 5. The van der Waals surface area contributed by atoms with E-state index >= 15 is 0 Å². The Balaban J connectivity index is 2.11. The van der Waals surface area contributed by atoms with E-state index in [9.17, 15) is 35.7 Å². The van der Waals surface area contributed by atoms with Crippen molar-refractivity contribution in [2.24, 2.45) is 11.8 Å². The van der Waals surface area contributed by atoms with E-state index in [4.69, 9.17) is 28.4 Å². The minimum atomic E-state index is -2.11. The topological polar surface area (TPSA) is 197 Å². The van der Waals surface area contributed by atoms with Crippen LogP contribution in [-0.2, 0) is 15.9 Å². The maximum absolute atomic E-state index is 11.4. The number of phenols is 2. The lowest BCUT2D eigenvalue weighted by Crippen LogP contribution is -2.70. The summed E-state index contributed by atoms with van der Waals surface area (Å²) in [6.07, 6.45) is -6.48. The maximum Gasteiger partial charge on any atom is 0.201 e. The summed E-state index contributed by atoms with van der Waals surface area (Å²) in [6.45, 7) is -1.15. The summed E-state index contributed by atoms with van der Waals surface area (Å²) >= 11 is 0. The van der Waals surface area contributed by atoms with Crippen LogP contribution in [0.1, 0.15) is 22.6 Å². The normalized spacial score (nSPS) is 31.3. The standard InChI is InChI=1S/C28H38O13/c1-36-15-8-13(9-16(37-2)22(15)31)19-20-12(7-17(38-3)24(33)26(20)39-4)6-14(10-29)21(19)28(40-5)27(35)25(34)23(32)18(11-30)41-28/h7-9,14,18-19,21,23,25,27,29-35H,6,10-11H2,1-5H3. The van der Waals surface area contributed by atoms with Crippen molar-refractivity contribution in [3.8, 4) is 34.5 Å². The van der Waals surface area contributed by atoms with Crippen LogP contribution in [0.4, 0.5) is 0 Å². The van der Waals surface area contributed by atoms with Crippen LogP contribution >= 0.6 is 0 Å². The van der Waals surface area contributed by atoms with Gasteiger partial charge in [0.25, 0.3) is 0 Å². The monoisotopic (exact) mass is 582 g/mol. The molecule has 2 aromatic carbocycles.